The molecule has 1 aromatic carbocycles. The number of rotatable bonds is 1. The molecule has 90 valence electrons. The van der Waals surface area contributed by atoms with Crippen molar-refractivity contribution in [3.05, 3.63) is 53.9 Å². The van der Waals surface area contributed by atoms with Crippen LogP contribution in [0.25, 0.3) is 16.9 Å². The van der Waals surface area contributed by atoms with E-state index in [9.17, 15) is 4.39 Å². The zero-order chi connectivity index (χ0) is 12.7. The van der Waals surface area contributed by atoms with Crippen LogP contribution in [-0.2, 0) is 0 Å². The van der Waals surface area contributed by atoms with Gasteiger partial charge in [0, 0.05) is 11.3 Å². The molecule has 3 aromatic rings. The SMILES string of the molecule is Cc1ncn2c(C)cc(-c3cccc(F)c3)nc12. The molecule has 0 saturated heterocycles. The Labute approximate surface area is 104 Å². The van der Waals surface area contributed by atoms with Gasteiger partial charge in [0.05, 0.1) is 11.4 Å². The predicted octanol–water partition coefficient (Wildman–Crippen LogP) is 3.15. The van der Waals surface area contributed by atoms with Crippen molar-refractivity contribution in [2.75, 3.05) is 0 Å². The fraction of sp³-hybridized carbons (Fsp3) is 0.143. The lowest BCUT2D eigenvalue weighted by Gasteiger charge is -2.05. The second kappa shape index (κ2) is 3.91. The highest BCUT2D eigenvalue weighted by Gasteiger charge is 2.08. The van der Waals surface area contributed by atoms with E-state index in [1.165, 1.54) is 12.1 Å². The normalized spacial score (nSPS) is 11.1. The molecule has 2 aromatic heterocycles. The van der Waals surface area contributed by atoms with Gasteiger partial charge in [0.25, 0.3) is 0 Å². The summed E-state index contributed by atoms with van der Waals surface area (Å²) in [5.41, 5.74) is 4.26. The van der Waals surface area contributed by atoms with Crippen LogP contribution in [0, 0.1) is 19.7 Å². The van der Waals surface area contributed by atoms with Gasteiger partial charge in [-0.2, -0.15) is 0 Å². The maximum absolute atomic E-state index is 13.2. The standard InChI is InChI=1S/C14H12FN3/c1-9-6-13(11-4-3-5-12(15)7-11)17-14-10(2)16-8-18(9)14/h3-8H,1-2H3. The van der Waals surface area contributed by atoms with Gasteiger partial charge in [0.1, 0.15) is 12.1 Å². The molecule has 0 atom stereocenters. The van der Waals surface area contributed by atoms with E-state index >= 15 is 0 Å². The molecular formula is C14H12FN3. The molecule has 0 radical (unpaired) electrons. The van der Waals surface area contributed by atoms with Crippen molar-refractivity contribution in [1.82, 2.24) is 14.4 Å². The van der Waals surface area contributed by atoms with Crippen molar-refractivity contribution in [2.24, 2.45) is 0 Å². The fourth-order valence-electron chi connectivity index (χ4n) is 2.03. The van der Waals surface area contributed by atoms with Gasteiger partial charge in [-0.3, -0.25) is 4.40 Å². The van der Waals surface area contributed by atoms with E-state index in [-0.39, 0.29) is 5.82 Å². The van der Waals surface area contributed by atoms with Gasteiger partial charge in [-0.15, -0.1) is 0 Å². The van der Waals surface area contributed by atoms with E-state index in [0.717, 1.165) is 28.3 Å². The van der Waals surface area contributed by atoms with Crippen LogP contribution in [0.2, 0.25) is 0 Å². The lowest BCUT2D eigenvalue weighted by Crippen LogP contribution is -1.95. The summed E-state index contributed by atoms with van der Waals surface area (Å²) in [7, 11) is 0. The molecule has 0 bridgehead atoms. The summed E-state index contributed by atoms with van der Waals surface area (Å²) >= 11 is 0. The van der Waals surface area contributed by atoms with Gasteiger partial charge >= 0.3 is 0 Å². The average molecular weight is 241 g/mol. The van der Waals surface area contributed by atoms with Crippen LogP contribution < -0.4 is 0 Å². The van der Waals surface area contributed by atoms with Gasteiger partial charge < -0.3 is 0 Å². The molecule has 0 aliphatic heterocycles. The van der Waals surface area contributed by atoms with Crippen LogP contribution in [0.4, 0.5) is 4.39 Å². The summed E-state index contributed by atoms with van der Waals surface area (Å²) in [6, 6.07) is 8.40. The van der Waals surface area contributed by atoms with Gasteiger partial charge in [0.2, 0.25) is 0 Å². The molecule has 2 heterocycles. The minimum atomic E-state index is -0.253. The molecular weight excluding hydrogens is 229 g/mol. The Bertz CT molecular complexity index is 731. The molecule has 3 rings (SSSR count). The monoisotopic (exact) mass is 241 g/mol. The Morgan fingerprint density at radius 3 is 2.78 bits per heavy atom. The van der Waals surface area contributed by atoms with Gasteiger partial charge in [-0.25, -0.2) is 14.4 Å². The molecule has 4 heteroatoms. The highest BCUT2D eigenvalue weighted by molar-refractivity contribution is 5.63. The van der Waals surface area contributed by atoms with Crippen molar-refractivity contribution >= 4 is 5.65 Å². The van der Waals surface area contributed by atoms with Crippen LogP contribution in [0.1, 0.15) is 11.4 Å². The van der Waals surface area contributed by atoms with Crippen LogP contribution in [-0.4, -0.2) is 14.4 Å². The highest BCUT2D eigenvalue weighted by atomic mass is 19.1. The Hall–Kier alpha value is -2.23. The second-order valence-electron chi connectivity index (χ2n) is 4.32. The smallest absolute Gasteiger partial charge is 0.160 e. The molecule has 18 heavy (non-hydrogen) atoms. The zero-order valence-electron chi connectivity index (χ0n) is 10.2. The first-order chi connectivity index (χ1) is 8.65. The zero-order valence-corrected chi connectivity index (χ0v) is 10.2. The number of aryl methyl sites for hydroxylation is 2. The van der Waals surface area contributed by atoms with Crippen molar-refractivity contribution in [3.63, 3.8) is 0 Å². The summed E-state index contributed by atoms with van der Waals surface area (Å²) < 4.78 is 15.2. The third-order valence-electron chi connectivity index (χ3n) is 2.99. The Balaban J connectivity index is 2.27. The Morgan fingerprint density at radius 2 is 2.00 bits per heavy atom. The summed E-state index contributed by atoms with van der Waals surface area (Å²) in [6.07, 6.45) is 1.75. The largest absolute Gasteiger partial charge is 0.288 e. The first-order valence-electron chi connectivity index (χ1n) is 5.72. The molecule has 0 N–H and O–H groups in total. The van der Waals surface area contributed by atoms with Gasteiger partial charge in [-0.05, 0) is 32.0 Å². The summed E-state index contributed by atoms with van der Waals surface area (Å²) in [6.45, 7) is 3.90. The fourth-order valence-corrected chi connectivity index (χ4v) is 2.03. The third kappa shape index (κ3) is 1.66. The molecule has 0 saturated carbocycles. The molecule has 3 nitrogen and oxygen atoms in total. The van der Waals surface area contributed by atoms with Crippen LogP contribution in [0.3, 0.4) is 0 Å². The average Bonchev–Trinajstić information content (AvgIpc) is 2.72. The number of benzene rings is 1. The molecule has 0 spiro atoms. The highest BCUT2D eigenvalue weighted by Crippen LogP contribution is 2.21. The molecule has 0 amide bonds. The first-order valence-corrected chi connectivity index (χ1v) is 5.72. The topological polar surface area (TPSA) is 30.2 Å². The van der Waals surface area contributed by atoms with E-state index in [2.05, 4.69) is 9.97 Å². The number of aromatic nitrogens is 3. The minimum absolute atomic E-state index is 0.253. The second-order valence-corrected chi connectivity index (χ2v) is 4.32. The number of nitrogens with zero attached hydrogens (tertiary/aromatic N) is 3. The minimum Gasteiger partial charge on any atom is -0.288 e. The van der Waals surface area contributed by atoms with Crippen LogP contribution in [0.5, 0.6) is 0 Å². The number of fused-ring (bicyclic) bond motifs is 1. The van der Waals surface area contributed by atoms with E-state index in [1.54, 1.807) is 12.4 Å². The van der Waals surface area contributed by atoms with Crippen LogP contribution in [0.15, 0.2) is 36.7 Å². The maximum atomic E-state index is 13.2. The lowest BCUT2D eigenvalue weighted by atomic mass is 10.1. The van der Waals surface area contributed by atoms with E-state index in [4.69, 9.17) is 0 Å². The molecule has 0 aliphatic rings. The van der Waals surface area contributed by atoms with Gasteiger partial charge in [-0.1, -0.05) is 12.1 Å². The Morgan fingerprint density at radius 1 is 1.17 bits per heavy atom. The predicted molar refractivity (Wildman–Crippen MR) is 67.9 cm³/mol. The maximum Gasteiger partial charge on any atom is 0.160 e. The summed E-state index contributed by atoms with van der Waals surface area (Å²) in [4.78, 5) is 8.78. The van der Waals surface area contributed by atoms with E-state index < -0.39 is 0 Å². The molecule has 0 aliphatic carbocycles. The van der Waals surface area contributed by atoms with Crippen molar-refractivity contribution in [1.29, 1.82) is 0 Å². The molecule has 0 unspecified atom stereocenters. The van der Waals surface area contributed by atoms with Gasteiger partial charge in [0.15, 0.2) is 5.65 Å². The van der Waals surface area contributed by atoms with Crippen molar-refractivity contribution in [3.8, 4) is 11.3 Å². The Kier molecular flexibility index (Phi) is 2.37. The summed E-state index contributed by atoms with van der Waals surface area (Å²) in [5, 5.41) is 0. The van der Waals surface area contributed by atoms with Crippen molar-refractivity contribution in [2.45, 2.75) is 13.8 Å². The third-order valence-corrected chi connectivity index (χ3v) is 2.99. The number of halogens is 1. The number of hydrogen-bond donors (Lipinski definition) is 0. The lowest BCUT2D eigenvalue weighted by molar-refractivity contribution is 0.628. The van der Waals surface area contributed by atoms with E-state index in [1.807, 2.05) is 30.4 Å². The summed E-state index contributed by atoms with van der Waals surface area (Å²) in [5.74, 6) is -0.253. The van der Waals surface area contributed by atoms with Crippen molar-refractivity contribution < 1.29 is 4.39 Å². The first kappa shape index (κ1) is 10.9. The van der Waals surface area contributed by atoms with Crippen LogP contribution >= 0.6 is 0 Å². The van der Waals surface area contributed by atoms with E-state index in [0.29, 0.717) is 0 Å². The quantitative estimate of drug-likeness (QED) is 0.655. The number of imidazole rings is 1. The molecule has 0 fully saturated rings. The number of hydrogen-bond acceptors (Lipinski definition) is 2.